The zero-order valence-corrected chi connectivity index (χ0v) is 25.0. The van der Waals surface area contributed by atoms with E-state index in [-0.39, 0.29) is 5.97 Å². The average molecular weight is 522 g/mol. The highest BCUT2D eigenvalue weighted by Crippen LogP contribution is 2.26. The van der Waals surface area contributed by atoms with Gasteiger partial charge in [0.15, 0.2) is 0 Å². The third-order valence-corrected chi connectivity index (χ3v) is 8.35. The molecule has 0 unspecified atom stereocenters. The second-order valence-electron chi connectivity index (χ2n) is 11.8. The third kappa shape index (κ3) is 19.8. The van der Waals surface area contributed by atoms with Crippen molar-refractivity contribution >= 4 is 12.3 Å². The summed E-state index contributed by atoms with van der Waals surface area (Å²) in [5, 5.41) is 0. The summed E-state index contributed by atoms with van der Waals surface area (Å²) in [6.07, 6.45) is 30.1. The number of nitrogens with zero attached hydrogens (tertiary/aromatic N) is 1. The van der Waals surface area contributed by atoms with E-state index in [4.69, 9.17) is 4.74 Å². The van der Waals surface area contributed by atoms with E-state index in [0.717, 1.165) is 57.5 Å². The van der Waals surface area contributed by atoms with Gasteiger partial charge >= 0.3 is 5.97 Å². The minimum atomic E-state index is 0.0144. The van der Waals surface area contributed by atoms with Crippen LogP contribution in [0.25, 0.3) is 0 Å². The lowest BCUT2D eigenvalue weighted by molar-refractivity contribution is -0.145. The number of carbonyl (C=O) groups excluding carboxylic acids is 2. The standard InChI is InChI=1S/C33H63NO3/c1-3-5-7-9-11-15-22-31(23-16-12-10-8-6-4-2)30-37-33(36)26-17-13-18-27-34(32-24-21-25-32)28-19-14-20-29-35/h29,31-32H,3-28,30H2,1-2H3. The summed E-state index contributed by atoms with van der Waals surface area (Å²) in [5.41, 5.74) is 0. The van der Waals surface area contributed by atoms with Crippen LogP contribution in [-0.2, 0) is 14.3 Å². The Morgan fingerprint density at radius 2 is 1.30 bits per heavy atom. The van der Waals surface area contributed by atoms with Crippen LogP contribution in [0.15, 0.2) is 0 Å². The fourth-order valence-electron chi connectivity index (χ4n) is 5.55. The Bertz CT molecular complexity index is 504. The summed E-state index contributed by atoms with van der Waals surface area (Å²) >= 11 is 0. The summed E-state index contributed by atoms with van der Waals surface area (Å²) in [4.78, 5) is 25.7. The van der Waals surface area contributed by atoms with E-state index >= 15 is 0 Å². The summed E-state index contributed by atoms with van der Waals surface area (Å²) in [5.74, 6) is 0.567. The Labute approximate surface area is 231 Å². The smallest absolute Gasteiger partial charge is 0.305 e. The van der Waals surface area contributed by atoms with Crippen LogP contribution >= 0.6 is 0 Å². The van der Waals surface area contributed by atoms with E-state index in [1.54, 1.807) is 0 Å². The van der Waals surface area contributed by atoms with Gasteiger partial charge in [0.05, 0.1) is 6.61 Å². The van der Waals surface area contributed by atoms with Gasteiger partial charge in [0.25, 0.3) is 0 Å². The Kier molecular flexibility index (Phi) is 23.4. The van der Waals surface area contributed by atoms with E-state index in [1.807, 2.05) is 0 Å². The van der Waals surface area contributed by atoms with Gasteiger partial charge in [-0.25, -0.2) is 0 Å². The van der Waals surface area contributed by atoms with Gasteiger partial charge in [-0.05, 0) is 70.4 Å². The number of ether oxygens (including phenoxy) is 1. The largest absolute Gasteiger partial charge is 0.465 e. The maximum atomic E-state index is 12.4. The minimum absolute atomic E-state index is 0.0144. The number of unbranched alkanes of at least 4 members (excludes halogenated alkanes) is 14. The maximum absolute atomic E-state index is 12.4. The molecule has 0 aromatic carbocycles. The predicted molar refractivity (Wildman–Crippen MR) is 158 cm³/mol. The maximum Gasteiger partial charge on any atom is 0.305 e. The molecule has 0 N–H and O–H groups in total. The first kappa shape index (κ1) is 34.1. The highest BCUT2D eigenvalue weighted by molar-refractivity contribution is 5.69. The molecule has 4 heteroatoms. The fraction of sp³-hybridized carbons (Fsp3) is 0.939. The van der Waals surface area contributed by atoms with Crippen LogP contribution in [0, 0.1) is 5.92 Å². The zero-order chi connectivity index (χ0) is 26.8. The van der Waals surface area contributed by atoms with Gasteiger partial charge in [0.1, 0.15) is 6.29 Å². The molecule has 0 aromatic rings. The Hall–Kier alpha value is -0.900. The molecule has 4 nitrogen and oxygen atoms in total. The van der Waals surface area contributed by atoms with Gasteiger partial charge in [-0.2, -0.15) is 0 Å². The Morgan fingerprint density at radius 3 is 1.84 bits per heavy atom. The number of hydrogen-bond acceptors (Lipinski definition) is 4. The van der Waals surface area contributed by atoms with Crippen LogP contribution in [0.3, 0.4) is 0 Å². The van der Waals surface area contributed by atoms with Crippen LogP contribution < -0.4 is 0 Å². The summed E-state index contributed by atoms with van der Waals surface area (Å²) in [6, 6.07) is 0.761. The molecule has 0 radical (unpaired) electrons. The highest BCUT2D eigenvalue weighted by atomic mass is 16.5. The van der Waals surface area contributed by atoms with E-state index in [1.165, 1.54) is 109 Å². The molecular formula is C33H63NO3. The molecule has 0 bridgehead atoms. The quantitative estimate of drug-likeness (QED) is 0.0584. The van der Waals surface area contributed by atoms with Crippen molar-refractivity contribution in [3.8, 4) is 0 Å². The van der Waals surface area contributed by atoms with Gasteiger partial charge in [-0.15, -0.1) is 0 Å². The van der Waals surface area contributed by atoms with Crippen LogP contribution in [0.5, 0.6) is 0 Å². The molecule has 0 heterocycles. The topological polar surface area (TPSA) is 46.6 Å². The van der Waals surface area contributed by atoms with Crippen LogP contribution in [0.1, 0.15) is 168 Å². The van der Waals surface area contributed by atoms with E-state index in [2.05, 4.69) is 18.7 Å². The molecule has 37 heavy (non-hydrogen) atoms. The number of carbonyl (C=O) groups is 2. The lowest BCUT2D eigenvalue weighted by atomic mass is 9.91. The fourth-order valence-corrected chi connectivity index (χ4v) is 5.55. The molecule has 1 aliphatic carbocycles. The van der Waals surface area contributed by atoms with Gasteiger partial charge in [0.2, 0.25) is 0 Å². The van der Waals surface area contributed by atoms with Crippen molar-refractivity contribution in [3.63, 3.8) is 0 Å². The van der Waals surface area contributed by atoms with Crippen LogP contribution in [-0.4, -0.2) is 42.9 Å². The average Bonchev–Trinajstić information content (AvgIpc) is 2.87. The number of esters is 1. The van der Waals surface area contributed by atoms with Crippen LogP contribution in [0.4, 0.5) is 0 Å². The normalized spacial score (nSPS) is 13.8. The molecule has 1 saturated carbocycles. The SMILES string of the molecule is CCCCCCCCC(CCCCCCCC)COC(=O)CCCCCN(CCCCC=O)C1CCC1. The van der Waals surface area contributed by atoms with Crippen molar-refractivity contribution in [2.24, 2.45) is 5.92 Å². The molecule has 0 atom stereocenters. The van der Waals surface area contributed by atoms with Crippen molar-refractivity contribution < 1.29 is 14.3 Å². The Balaban J connectivity index is 2.21. The molecule has 1 fully saturated rings. The number of aldehydes is 1. The molecule has 0 aliphatic heterocycles. The lowest BCUT2D eigenvalue weighted by Gasteiger charge is -2.37. The highest BCUT2D eigenvalue weighted by Gasteiger charge is 2.23. The number of rotatable bonds is 28. The van der Waals surface area contributed by atoms with Crippen molar-refractivity contribution in [2.75, 3.05) is 19.7 Å². The van der Waals surface area contributed by atoms with E-state index in [0.29, 0.717) is 25.4 Å². The summed E-state index contributed by atoms with van der Waals surface area (Å²) in [7, 11) is 0. The monoisotopic (exact) mass is 521 g/mol. The summed E-state index contributed by atoms with van der Waals surface area (Å²) < 4.78 is 5.79. The van der Waals surface area contributed by atoms with Gasteiger partial charge in [-0.1, -0.05) is 104 Å². The van der Waals surface area contributed by atoms with Crippen molar-refractivity contribution in [1.82, 2.24) is 4.90 Å². The molecular weight excluding hydrogens is 458 g/mol. The summed E-state index contributed by atoms with van der Waals surface area (Å²) in [6.45, 7) is 7.45. The number of hydrogen-bond donors (Lipinski definition) is 0. The van der Waals surface area contributed by atoms with Gasteiger partial charge in [-0.3, -0.25) is 4.79 Å². The van der Waals surface area contributed by atoms with Crippen LogP contribution in [0.2, 0.25) is 0 Å². The van der Waals surface area contributed by atoms with Crippen molar-refractivity contribution in [3.05, 3.63) is 0 Å². The molecule has 0 saturated heterocycles. The van der Waals surface area contributed by atoms with Crippen molar-refractivity contribution in [2.45, 2.75) is 174 Å². The molecule has 218 valence electrons. The Morgan fingerprint density at radius 1 is 0.757 bits per heavy atom. The molecule has 0 spiro atoms. The first-order chi connectivity index (χ1) is 18.2. The second-order valence-corrected chi connectivity index (χ2v) is 11.8. The first-order valence-corrected chi connectivity index (χ1v) is 16.5. The van der Waals surface area contributed by atoms with Crippen molar-refractivity contribution in [1.29, 1.82) is 0 Å². The molecule has 1 rings (SSSR count). The lowest BCUT2D eigenvalue weighted by Crippen LogP contribution is -2.41. The van der Waals surface area contributed by atoms with E-state index in [9.17, 15) is 9.59 Å². The molecule has 0 amide bonds. The predicted octanol–water partition coefficient (Wildman–Crippen LogP) is 9.43. The zero-order valence-electron chi connectivity index (χ0n) is 25.0. The molecule has 0 aromatic heterocycles. The van der Waals surface area contributed by atoms with Gasteiger partial charge < -0.3 is 14.4 Å². The van der Waals surface area contributed by atoms with E-state index < -0.39 is 0 Å². The molecule has 1 aliphatic rings. The third-order valence-electron chi connectivity index (χ3n) is 8.35. The minimum Gasteiger partial charge on any atom is -0.465 e. The first-order valence-electron chi connectivity index (χ1n) is 16.5. The second kappa shape index (κ2) is 25.4. The van der Waals surface area contributed by atoms with Gasteiger partial charge in [0, 0.05) is 18.9 Å².